The van der Waals surface area contributed by atoms with Crippen molar-refractivity contribution in [1.82, 2.24) is 5.32 Å². The lowest BCUT2D eigenvalue weighted by molar-refractivity contribution is -0.00518. The molecule has 0 heterocycles. The van der Waals surface area contributed by atoms with E-state index in [2.05, 4.69) is 59.2 Å². The van der Waals surface area contributed by atoms with Crippen molar-refractivity contribution in [2.75, 3.05) is 5.32 Å². The van der Waals surface area contributed by atoms with Crippen LogP contribution in [-0.4, -0.2) is 5.11 Å². The Kier molecular flexibility index (Phi) is 4.43. The number of hydrogen-bond donors (Lipinski definition) is 2. The summed E-state index contributed by atoms with van der Waals surface area (Å²) < 4.78 is 0. The first-order valence-electron chi connectivity index (χ1n) is 10.4. The minimum absolute atomic E-state index is 0.472. The SMILES string of the molecule is S=C(NCc1ccccc1)Nc1ccc(C23CC4CC(CC(C4)C2)C3)cc1. The van der Waals surface area contributed by atoms with Crippen LogP contribution < -0.4 is 10.6 Å². The van der Waals surface area contributed by atoms with Gasteiger partial charge in [-0.2, -0.15) is 0 Å². The van der Waals surface area contributed by atoms with E-state index in [-0.39, 0.29) is 0 Å². The summed E-state index contributed by atoms with van der Waals surface area (Å²) in [5, 5.41) is 7.31. The molecule has 0 amide bonds. The summed E-state index contributed by atoms with van der Waals surface area (Å²) in [4.78, 5) is 0. The van der Waals surface area contributed by atoms with Crippen molar-refractivity contribution in [3.63, 3.8) is 0 Å². The number of rotatable bonds is 4. The highest BCUT2D eigenvalue weighted by atomic mass is 32.1. The predicted molar refractivity (Wildman–Crippen MR) is 116 cm³/mol. The van der Waals surface area contributed by atoms with Crippen LogP contribution in [0.15, 0.2) is 54.6 Å². The molecule has 0 spiro atoms. The van der Waals surface area contributed by atoms with E-state index in [1.807, 2.05) is 6.07 Å². The minimum atomic E-state index is 0.472. The first-order valence-corrected chi connectivity index (χ1v) is 10.8. The molecule has 2 N–H and O–H groups in total. The third kappa shape index (κ3) is 3.50. The molecular weight excluding hydrogens is 348 g/mol. The van der Waals surface area contributed by atoms with Crippen molar-refractivity contribution in [3.05, 3.63) is 65.7 Å². The summed E-state index contributed by atoms with van der Waals surface area (Å²) in [6.45, 7) is 0.748. The maximum Gasteiger partial charge on any atom is 0.171 e. The minimum Gasteiger partial charge on any atom is -0.358 e. The van der Waals surface area contributed by atoms with E-state index < -0.39 is 0 Å². The lowest BCUT2D eigenvalue weighted by Gasteiger charge is -2.57. The predicted octanol–water partition coefficient (Wildman–Crippen LogP) is 5.64. The van der Waals surface area contributed by atoms with Crippen LogP contribution in [0.25, 0.3) is 0 Å². The van der Waals surface area contributed by atoms with E-state index >= 15 is 0 Å². The van der Waals surface area contributed by atoms with Gasteiger partial charge in [-0.1, -0.05) is 42.5 Å². The lowest BCUT2D eigenvalue weighted by atomic mass is 9.48. The van der Waals surface area contributed by atoms with Gasteiger partial charge in [0.05, 0.1) is 0 Å². The maximum atomic E-state index is 5.46. The van der Waals surface area contributed by atoms with E-state index in [9.17, 15) is 0 Å². The summed E-state index contributed by atoms with van der Waals surface area (Å²) >= 11 is 5.46. The van der Waals surface area contributed by atoms with Gasteiger partial charge in [0.2, 0.25) is 0 Å². The van der Waals surface area contributed by atoms with Crippen LogP contribution in [0.2, 0.25) is 0 Å². The molecule has 27 heavy (non-hydrogen) atoms. The fraction of sp³-hybridized carbons (Fsp3) is 0.458. The molecule has 4 saturated carbocycles. The molecule has 4 aliphatic rings. The first-order chi connectivity index (χ1) is 13.2. The highest BCUT2D eigenvalue weighted by molar-refractivity contribution is 7.80. The van der Waals surface area contributed by atoms with Gasteiger partial charge in [-0.25, -0.2) is 0 Å². The van der Waals surface area contributed by atoms with Gasteiger partial charge in [0.15, 0.2) is 5.11 Å². The molecule has 0 aliphatic heterocycles. The maximum absolute atomic E-state index is 5.46. The van der Waals surface area contributed by atoms with E-state index in [1.165, 1.54) is 44.1 Å². The molecule has 0 atom stereocenters. The second-order valence-electron chi connectivity index (χ2n) is 9.07. The number of thiocarbonyl (C=S) groups is 1. The Morgan fingerprint density at radius 3 is 2.04 bits per heavy atom. The highest BCUT2D eigenvalue weighted by Gasteiger charge is 2.51. The monoisotopic (exact) mass is 376 g/mol. The molecule has 4 fully saturated rings. The van der Waals surface area contributed by atoms with Crippen LogP contribution >= 0.6 is 12.2 Å². The Bertz CT molecular complexity index is 777. The Balaban J connectivity index is 1.22. The second-order valence-corrected chi connectivity index (χ2v) is 9.48. The van der Waals surface area contributed by atoms with Crippen LogP contribution in [0.1, 0.15) is 49.7 Å². The lowest BCUT2D eigenvalue weighted by Crippen LogP contribution is -2.48. The summed E-state index contributed by atoms with van der Waals surface area (Å²) in [7, 11) is 0. The largest absolute Gasteiger partial charge is 0.358 e. The molecule has 0 radical (unpaired) electrons. The van der Waals surface area contributed by atoms with Crippen LogP contribution in [-0.2, 0) is 12.0 Å². The fourth-order valence-corrected chi connectivity index (χ4v) is 6.51. The average molecular weight is 377 g/mol. The van der Waals surface area contributed by atoms with Crippen LogP contribution in [0.5, 0.6) is 0 Å². The van der Waals surface area contributed by atoms with Gasteiger partial charge in [0.25, 0.3) is 0 Å². The molecule has 3 heteroatoms. The van der Waals surface area contributed by atoms with Crippen molar-refractivity contribution < 1.29 is 0 Å². The third-order valence-corrected chi connectivity index (χ3v) is 7.34. The topological polar surface area (TPSA) is 24.1 Å². The normalized spacial score (nSPS) is 30.9. The summed E-state index contributed by atoms with van der Waals surface area (Å²) in [6.07, 6.45) is 8.76. The Labute approximate surface area is 167 Å². The zero-order valence-electron chi connectivity index (χ0n) is 15.8. The average Bonchev–Trinajstić information content (AvgIpc) is 2.67. The van der Waals surface area contributed by atoms with Crippen LogP contribution in [0.3, 0.4) is 0 Å². The smallest absolute Gasteiger partial charge is 0.171 e. The van der Waals surface area contributed by atoms with E-state index in [0.29, 0.717) is 10.5 Å². The molecule has 2 aromatic carbocycles. The zero-order chi connectivity index (χ0) is 18.3. The van der Waals surface area contributed by atoms with Gasteiger partial charge in [-0.3, -0.25) is 0 Å². The molecule has 0 aromatic heterocycles. The Morgan fingerprint density at radius 2 is 1.44 bits per heavy atom. The van der Waals surface area contributed by atoms with Crippen molar-refractivity contribution in [2.24, 2.45) is 17.8 Å². The van der Waals surface area contributed by atoms with E-state index in [0.717, 1.165) is 30.0 Å². The van der Waals surface area contributed by atoms with Gasteiger partial charge in [0, 0.05) is 12.2 Å². The van der Waals surface area contributed by atoms with Crippen molar-refractivity contribution >= 4 is 23.0 Å². The third-order valence-electron chi connectivity index (χ3n) is 7.09. The first kappa shape index (κ1) is 17.2. The quantitative estimate of drug-likeness (QED) is 0.675. The van der Waals surface area contributed by atoms with Crippen molar-refractivity contribution in [1.29, 1.82) is 0 Å². The standard InChI is InChI=1S/C24H28N2S/c27-23(25-16-17-4-2-1-3-5-17)26-22-8-6-21(7-9-22)24-13-18-10-19(14-24)12-20(11-18)15-24/h1-9,18-20H,10-16H2,(H2,25,26,27). The molecule has 2 nitrogen and oxygen atoms in total. The van der Waals surface area contributed by atoms with Gasteiger partial charge in [0.1, 0.15) is 0 Å². The van der Waals surface area contributed by atoms with Crippen molar-refractivity contribution in [2.45, 2.75) is 50.5 Å². The number of benzene rings is 2. The zero-order valence-corrected chi connectivity index (χ0v) is 16.6. The molecule has 140 valence electrons. The second kappa shape index (κ2) is 6.94. The van der Waals surface area contributed by atoms with Gasteiger partial charge >= 0.3 is 0 Å². The van der Waals surface area contributed by atoms with Gasteiger partial charge in [-0.15, -0.1) is 0 Å². The molecule has 4 aliphatic carbocycles. The molecule has 6 rings (SSSR count). The Morgan fingerprint density at radius 1 is 0.852 bits per heavy atom. The highest BCUT2D eigenvalue weighted by Crippen LogP contribution is 2.60. The molecule has 0 unspecified atom stereocenters. The van der Waals surface area contributed by atoms with Crippen molar-refractivity contribution in [3.8, 4) is 0 Å². The number of hydrogen-bond acceptors (Lipinski definition) is 1. The van der Waals surface area contributed by atoms with E-state index in [4.69, 9.17) is 12.2 Å². The summed E-state index contributed by atoms with van der Waals surface area (Å²) in [5.74, 6) is 2.97. The van der Waals surface area contributed by atoms with Gasteiger partial charge < -0.3 is 10.6 Å². The number of anilines is 1. The Hall–Kier alpha value is -1.87. The summed E-state index contributed by atoms with van der Waals surface area (Å²) in [5.41, 5.74) is 4.35. The van der Waals surface area contributed by atoms with Gasteiger partial charge in [-0.05, 0) is 97.2 Å². The van der Waals surface area contributed by atoms with Crippen LogP contribution in [0.4, 0.5) is 5.69 Å². The molecule has 4 bridgehead atoms. The fourth-order valence-electron chi connectivity index (χ4n) is 6.32. The number of nitrogens with one attached hydrogen (secondary N) is 2. The molecular formula is C24H28N2S. The molecule has 2 aromatic rings. The van der Waals surface area contributed by atoms with E-state index in [1.54, 1.807) is 5.56 Å². The summed E-state index contributed by atoms with van der Waals surface area (Å²) in [6, 6.07) is 19.5. The van der Waals surface area contributed by atoms with Crippen LogP contribution in [0, 0.1) is 17.8 Å². The molecule has 0 saturated heterocycles.